The number of piperidine rings is 1. The van der Waals surface area contributed by atoms with E-state index in [1.165, 1.54) is 43.9 Å². The van der Waals surface area contributed by atoms with Gasteiger partial charge in [-0.05, 0) is 72.1 Å². The van der Waals surface area contributed by atoms with Gasteiger partial charge in [0.2, 0.25) is 5.91 Å². The van der Waals surface area contributed by atoms with Crippen molar-refractivity contribution in [3.05, 3.63) is 29.4 Å². The molecule has 0 unspecified atom stereocenters. The van der Waals surface area contributed by atoms with Crippen molar-refractivity contribution in [1.29, 1.82) is 0 Å². The van der Waals surface area contributed by atoms with E-state index in [9.17, 15) is 14.4 Å². The molecule has 2 fully saturated rings. The second-order valence-corrected chi connectivity index (χ2v) is 16.9. The first-order chi connectivity index (χ1) is 25.2. The lowest BCUT2D eigenvalue weighted by Crippen LogP contribution is -2.54. The molecular weight excluding hydrogens is 716 g/mol. The number of hydrogen-bond donors (Lipinski definition) is 4. The number of carboxylic acids is 1. The quantitative estimate of drug-likeness (QED) is 0.116. The maximum atomic E-state index is 13.0. The molecule has 2 saturated heterocycles. The molecule has 0 atom stereocenters. The minimum absolute atomic E-state index is 0.104. The number of halogens is 1. The number of amides is 2. The SMILES string of the molecule is CC1(NC(=O)OC(C)(C)C)CCN(c2cnc(Sc3cccc(NC(=O)CN4CCN(CCCCCCCCCCC(=O)O)CC4)c3Cl)c(N)n2)CC1. The first kappa shape index (κ1) is 42.4. The number of hydrogen-bond acceptors (Lipinski definition) is 11. The lowest BCUT2D eigenvalue weighted by atomic mass is 9.90. The summed E-state index contributed by atoms with van der Waals surface area (Å²) in [5.74, 6) is 0.162. The number of nitrogen functional groups attached to an aromatic ring is 1. The highest BCUT2D eigenvalue weighted by atomic mass is 35.5. The third-order valence-corrected chi connectivity index (χ3v) is 11.2. The van der Waals surface area contributed by atoms with Crippen molar-refractivity contribution >= 4 is 58.7 Å². The van der Waals surface area contributed by atoms with Crippen molar-refractivity contribution in [2.75, 3.05) is 68.3 Å². The van der Waals surface area contributed by atoms with E-state index in [1.54, 1.807) is 12.3 Å². The summed E-state index contributed by atoms with van der Waals surface area (Å²) in [5.41, 5.74) is 5.99. The fourth-order valence-corrected chi connectivity index (χ4v) is 7.64. The van der Waals surface area contributed by atoms with Crippen LogP contribution in [0.25, 0.3) is 0 Å². The van der Waals surface area contributed by atoms with E-state index in [0.29, 0.717) is 51.9 Å². The van der Waals surface area contributed by atoms with Gasteiger partial charge in [0, 0.05) is 56.1 Å². The average Bonchev–Trinajstić information content (AvgIpc) is 3.08. The number of nitrogens with one attached hydrogen (secondary N) is 2. The molecule has 2 aliphatic heterocycles. The molecule has 1 aromatic heterocycles. The lowest BCUT2D eigenvalue weighted by molar-refractivity contribution is -0.137. The molecule has 15 heteroatoms. The Morgan fingerprint density at radius 1 is 0.962 bits per heavy atom. The van der Waals surface area contributed by atoms with Gasteiger partial charge in [0.25, 0.3) is 0 Å². The molecule has 5 N–H and O–H groups in total. The summed E-state index contributed by atoms with van der Waals surface area (Å²) in [6.45, 7) is 13.9. The number of alkyl carbamates (subject to hydrolysis) is 1. The molecule has 0 spiro atoms. The van der Waals surface area contributed by atoms with Crippen LogP contribution in [0.4, 0.5) is 22.1 Å². The maximum absolute atomic E-state index is 13.0. The van der Waals surface area contributed by atoms with E-state index < -0.39 is 17.7 Å². The lowest BCUT2D eigenvalue weighted by Gasteiger charge is -2.40. The van der Waals surface area contributed by atoms with E-state index in [1.807, 2.05) is 39.8 Å². The van der Waals surface area contributed by atoms with Crippen LogP contribution < -0.4 is 21.3 Å². The topological polar surface area (TPSA) is 166 Å². The zero-order valence-corrected chi connectivity index (χ0v) is 33.5. The molecule has 2 amide bonds. The number of carboxylic acid groups (broad SMARTS) is 1. The molecular formula is C38H59ClN8O5S. The highest BCUT2D eigenvalue weighted by Crippen LogP contribution is 2.39. The Morgan fingerprint density at radius 2 is 1.58 bits per heavy atom. The summed E-state index contributed by atoms with van der Waals surface area (Å²) in [5, 5.41) is 15.7. The molecule has 13 nitrogen and oxygen atoms in total. The van der Waals surface area contributed by atoms with Gasteiger partial charge in [-0.15, -0.1) is 0 Å². The predicted octanol–water partition coefficient (Wildman–Crippen LogP) is 6.90. The number of ether oxygens (including phenoxy) is 1. The van der Waals surface area contributed by atoms with E-state index in [4.69, 9.17) is 27.2 Å². The van der Waals surface area contributed by atoms with Crippen LogP contribution in [0.5, 0.6) is 0 Å². The maximum Gasteiger partial charge on any atom is 0.408 e. The molecule has 0 saturated carbocycles. The Hall–Kier alpha value is -3.33. The van der Waals surface area contributed by atoms with Gasteiger partial charge in [-0.3, -0.25) is 14.5 Å². The Morgan fingerprint density at radius 3 is 2.21 bits per heavy atom. The number of rotatable bonds is 18. The largest absolute Gasteiger partial charge is 0.481 e. The van der Waals surface area contributed by atoms with Crippen LogP contribution in [0.15, 0.2) is 34.3 Å². The number of aromatic nitrogens is 2. The second kappa shape index (κ2) is 20.4. The fraction of sp³-hybridized carbons (Fsp3) is 0.658. The Bertz CT molecular complexity index is 1510. The van der Waals surface area contributed by atoms with Crippen LogP contribution in [-0.4, -0.2) is 106 Å². The Labute approximate surface area is 324 Å². The van der Waals surface area contributed by atoms with E-state index in [2.05, 4.69) is 35.3 Å². The number of carbonyl (C=O) groups is 3. The zero-order valence-electron chi connectivity index (χ0n) is 31.9. The number of anilines is 3. The number of carbonyl (C=O) groups excluding carboxylic acids is 2. The average molecular weight is 775 g/mol. The number of aliphatic carboxylic acids is 1. The van der Waals surface area contributed by atoms with E-state index in [0.717, 1.165) is 64.8 Å². The van der Waals surface area contributed by atoms with Crippen molar-refractivity contribution in [3.8, 4) is 0 Å². The molecule has 294 valence electrons. The molecule has 2 aliphatic rings. The van der Waals surface area contributed by atoms with Crippen LogP contribution in [0, 0.1) is 0 Å². The zero-order chi connectivity index (χ0) is 38.4. The van der Waals surface area contributed by atoms with E-state index in [-0.39, 0.29) is 17.9 Å². The van der Waals surface area contributed by atoms with Crippen molar-refractivity contribution in [3.63, 3.8) is 0 Å². The summed E-state index contributed by atoms with van der Waals surface area (Å²) in [7, 11) is 0. The van der Waals surface area contributed by atoms with Crippen LogP contribution in [0.2, 0.25) is 5.02 Å². The summed E-state index contributed by atoms with van der Waals surface area (Å²) in [4.78, 5) is 52.7. The number of unbranched alkanes of at least 4 members (excludes halogenated alkanes) is 7. The molecule has 0 radical (unpaired) electrons. The first-order valence-electron chi connectivity index (χ1n) is 19.0. The highest BCUT2D eigenvalue weighted by Gasteiger charge is 2.34. The molecule has 53 heavy (non-hydrogen) atoms. The molecule has 3 heterocycles. The standard InChI is InChI=1S/C38H59ClN8O5S/c1-37(2,3)52-36(51)44-38(4)17-20-47(21-18-38)30-26-41-35(34(40)43-30)53-29-15-13-14-28(33(29)39)42-31(48)27-46-24-22-45(23-25-46)19-12-10-8-6-5-7-9-11-16-32(49)50/h13-15,26H,5-12,16-25,27H2,1-4H3,(H2,40,43)(H,42,48)(H,44,51)(H,49,50). The summed E-state index contributed by atoms with van der Waals surface area (Å²) < 4.78 is 5.45. The first-order valence-corrected chi connectivity index (χ1v) is 20.2. The molecule has 1 aromatic carbocycles. The van der Waals surface area contributed by atoms with Crippen molar-refractivity contribution in [2.45, 2.75) is 119 Å². The van der Waals surface area contributed by atoms with Crippen LogP contribution in [-0.2, 0) is 14.3 Å². The Balaban J connectivity index is 1.16. The fourth-order valence-electron chi connectivity index (χ4n) is 6.54. The van der Waals surface area contributed by atoms with Crippen molar-refractivity contribution in [2.24, 2.45) is 0 Å². The van der Waals surface area contributed by atoms with Crippen LogP contribution >= 0.6 is 23.4 Å². The third kappa shape index (κ3) is 14.8. The molecule has 0 bridgehead atoms. The predicted molar refractivity (Wildman–Crippen MR) is 212 cm³/mol. The number of nitrogens with two attached hydrogens (primary N) is 1. The normalized spacial score (nSPS) is 16.7. The smallest absolute Gasteiger partial charge is 0.408 e. The monoisotopic (exact) mass is 774 g/mol. The highest BCUT2D eigenvalue weighted by molar-refractivity contribution is 7.99. The van der Waals surface area contributed by atoms with Gasteiger partial charge < -0.3 is 36.0 Å². The summed E-state index contributed by atoms with van der Waals surface area (Å²) >= 11 is 8.08. The van der Waals surface area contributed by atoms with Gasteiger partial charge in [-0.2, -0.15) is 0 Å². The van der Waals surface area contributed by atoms with Crippen LogP contribution in [0.1, 0.15) is 98.3 Å². The molecule has 4 rings (SSSR count). The van der Waals surface area contributed by atoms with Gasteiger partial charge >= 0.3 is 12.1 Å². The van der Waals surface area contributed by atoms with Crippen molar-refractivity contribution < 1.29 is 24.2 Å². The summed E-state index contributed by atoms with van der Waals surface area (Å²) in [6, 6.07) is 5.51. The van der Waals surface area contributed by atoms with Gasteiger partial charge in [-0.1, -0.05) is 68.0 Å². The van der Waals surface area contributed by atoms with Gasteiger partial charge in [0.05, 0.1) is 23.5 Å². The third-order valence-electron chi connectivity index (χ3n) is 9.64. The number of nitrogens with zero attached hydrogens (tertiary/aromatic N) is 5. The Kier molecular flexibility index (Phi) is 16.3. The second-order valence-electron chi connectivity index (χ2n) is 15.5. The molecule has 2 aromatic rings. The van der Waals surface area contributed by atoms with Crippen molar-refractivity contribution in [1.82, 2.24) is 25.1 Å². The van der Waals surface area contributed by atoms with Gasteiger partial charge in [0.1, 0.15) is 16.4 Å². The number of benzene rings is 1. The number of piperazine rings is 1. The summed E-state index contributed by atoms with van der Waals surface area (Å²) in [6.07, 6.45) is 12.0. The van der Waals surface area contributed by atoms with Gasteiger partial charge in [0.15, 0.2) is 5.82 Å². The molecule has 0 aliphatic carbocycles. The van der Waals surface area contributed by atoms with Gasteiger partial charge in [-0.25, -0.2) is 14.8 Å². The minimum Gasteiger partial charge on any atom is -0.481 e. The van der Waals surface area contributed by atoms with E-state index >= 15 is 0 Å². The van der Waals surface area contributed by atoms with Crippen LogP contribution in [0.3, 0.4) is 0 Å². The minimum atomic E-state index is -0.700.